The van der Waals surface area contributed by atoms with Gasteiger partial charge in [0, 0.05) is 37.0 Å². The van der Waals surface area contributed by atoms with Gasteiger partial charge < -0.3 is 15.3 Å². The molecule has 1 aromatic carbocycles. The molecule has 2 aromatic heterocycles. The van der Waals surface area contributed by atoms with Crippen LogP contribution in [0.4, 0.5) is 20.4 Å². The summed E-state index contributed by atoms with van der Waals surface area (Å²) in [7, 11) is 0. The average molecular weight is 469 g/mol. The highest BCUT2D eigenvalue weighted by atomic mass is 19.1. The van der Waals surface area contributed by atoms with Crippen molar-refractivity contribution in [2.75, 3.05) is 18.4 Å². The summed E-state index contributed by atoms with van der Waals surface area (Å²) in [6, 6.07) is 9.02. The van der Waals surface area contributed by atoms with E-state index in [0.717, 1.165) is 5.69 Å². The molecule has 0 bridgehead atoms. The SMILES string of the molecule is Cc1cc(Nc2nc(CC3(C(=O)O)CCN(C(=O)c4cccc(C)c4F)CC3)ccc2F)n[nH]1. The molecule has 1 aliphatic rings. The monoisotopic (exact) mass is 469 g/mol. The van der Waals surface area contributed by atoms with E-state index in [1.807, 2.05) is 0 Å². The molecule has 8 nitrogen and oxygen atoms in total. The number of rotatable bonds is 6. The number of amides is 1. The number of nitrogens with zero attached hydrogens (tertiary/aromatic N) is 3. The van der Waals surface area contributed by atoms with Crippen LogP contribution in [-0.4, -0.2) is 50.2 Å². The highest BCUT2D eigenvalue weighted by Crippen LogP contribution is 2.36. The maximum atomic E-state index is 14.4. The van der Waals surface area contributed by atoms with Crippen LogP contribution >= 0.6 is 0 Å². The first-order chi connectivity index (χ1) is 16.2. The summed E-state index contributed by atoms with van der Waals surface area (Å²) in [6.45, 7) is 3.72. The van der Waals surface area contributed by atoms with Gasteiger partial charge in [-0.2, -0.15) is 5.10 Å². The topological polar surface area (TPSA) is 111 Å². The number of anilines is 2. The van der Waals surface area contributed by atoms with Gasteiger partial charge in [0.05, 0.1) is 11.0 Å². The molecule has 3 N–H and O–H groups in total. The van der Waals surface area contributed by atoms with Crippen LogP contribution in [-0.2, 0) is 11.2 Å². The van der Waals surface area contributed by atoms with Crippen LogP contribution in [0.3, 0.4) is 0 Å². The Balaban J connectivity index is 1.50. The molecule has 4 rings (SSSR count). The van der Waals surface area contributed by atoms with Gasteiger partial charge in [-0.25, -0.2) is 13.8 Å². The van der Waals surface area contributed by atoms with Crippen molar-refractivity contribution in [3.8, 4) is 0 Å². The summed E-state index contributed by atoms with van der Waals surface area (Å²) >= 11 is 0. The molecule has 0 spiro atoms. The second-order valence-corrected chi connectivity index (χ2v) is 8.69. The molecular formula is C24H25F2N5O3. The lowest BCUT2D eigenvalue weighted by atomic mass is 9.74. The van der Waals surface area contributed by atoms with Gasteiger partial charge in [-0.05, 0) is 50.5 Å². The van der Waals surface area contributed by atoms with Crippen molar-refractivity contribution in [1.82, 2.24) is 20.1 Å². The van der Waals surface area contributed by atoms with E-state index >= 15 is 0 Å². The van der Waals surface area contributed by atoms with Crippen molar-refractivity contribution in [2.24, 2.45) is 5.41 Å². The number of benzene rings is 1. The summed E-state index contributed by atoms with van der Waals surface area (Å²) in [5.41, 5.74) is 0.373. The number of piperidine rings is 1. The molecule has 34 heavy (non-hydrogen) atoms. The van der Waals surface area contributed by atoms with Gasteiger partial charge in [0.25, 0.3) is 5.91 Å². The van der Waals surface area contributed by atoms with Gasteiger partial charge in [-0.15, -0.1) is 0 Å². The minimum atomic E-state index is -1.17. The Labute approximate surface area is 195 Å². The van der Waals surface area contributed by atoms with Crippen molar-refractivity contribution < 1.29 is 23.5 Å². The number of halogens is 2. The molecule has 3 heterocycles. The normalized spacial score (nSPS) is 15.2. The summed E-state index contributed by atoms with van der Waals surface area (Å²) in [5, 5.41) is 19.6. The van der Waals surface area contributed by atoms with Crippen LogP contribution in [0.15, 0.2) is 36.4 Å². The summed E-state index contributed by atoms with van der Waals surface area (Å²) in [5.74, 6) is -2.28. The zero-order valence-corrected chi connectivity index (χ0v) is 18.9. The number of aromatic amines is 1. The number of hydrogen-bond acceptors (Lipinski definition) is 5. The number of aryl methyl sites for hydroxylation is 2. The third kappa shape index (κ3) is 4.61. The lowest BCUT2D eigenvalue weighted by molar-refractivity contribution is -0.151. The second kappa shape index (κ2) is 9.20. The quantitative estimate of drug-likeness (QED) is 0.503. The lowest BCUT2D eigenvalue weighted by Crippen LogP contribution is -2.47. The Morgan fingerprint density at radius 1 is 1.18 bits per heavy atom. The van der Waals surface area contributed by atoms with Gasteiger partial charge in [-0.1, -0.05) is 12.1 Å². The van der Waals surface area contributed by atoms with Crippen molar-refractivity contribution >= 4 is 23.5 Å². The standard InChI is InChI=1S/C24H25F2N5O3/c1-14-4-3-5-17(20(14)26)22(32)31-10-8-24(9-11-31,23(33)34)13-16-6-7-18(25)21(27-16)28-19-12-15(2)29-30-19/h3-7,12H,8-11,13H2,1-2H3,(H,33,34)(H2,27,28,29,30). The summed E-state index contributed by atoms with van der Waals surface area (Å²) in [4.78, 5) is 30.9. The predicted molar refractivity (Wildman–Crippen MR) is 121 cm³/mol. The average Bonchev–Trinajstić information content (AvgIpc) is 3.22. The molecule has 178 valence electrons. The van der Waals surface area contributed by atoms with E-state index in [1.165, 1.54) is 23.1 Å². The number of hydrogen-bond donors (Lipinski definition) is 3. The molecule has 0 aliphatic carbocycles. The van der Waals surface area contributed by atoms with Crippen LogP contribution in [0.25, 0.3) is 0 Å². The zero-order chi connectivity index (χ0) is 24.5. The highest BCUT2D eigenvalue weighted by molar-refractivity contribution is 5.95. The number of carbonyl (C=O) groups excluding carboxylic acids is 1. The van der Waals surface area contributed by atoms with E-state index in [9.17, 15) is 23.5 Å². The number of aromatic nitrogens is 3. The Morgan fingerprint density at radius 2 is 1.91 bits per heavy atom. The molecular weight excluding hydrogens is 444 g/mol. The van der Waals surface area contributed by atoms with E-state index in [0.29, 0.717) is 17.1 Å². The fraction of sp³-hybridized carbons (Fsp3) is 0.333. The van der Waals surface area contributed by atoms with Crippen LogP contribution in [0.5, 0.6) is 0 Å². The number of carboxylic acids is 1. The number of likely N-dealkylation sites (tertiary alicyclic amines) is 1. The van der Waals surface area contributed by atoms with Crippen molar-refractivity contribution in [1.29, 1.82) is 0 Å². The minimum Gasteiger partial charge on any atom is -0.481 e. The molecule has 1 saturated heterocycles. The first kappa shape index (κ1) is 23.3. The minimum absolute atomic E-state index is 0.0210. The number of aliphatic carboxylic acids is 1. The third-order valence-corrected chi connectivity index (χ3v) is 6.26. The Bertz CT molecular complexity index is 1240. The zero-order valence-electron chi connectivity index (χ0n) is 18.9. The van der Waals surface area contributed by atoms with Crippen molar-refractivity contribution in [3.05, 3.63) is 70.5 Å². The second-order valence-electron chi connectivity index (χ2n) is 8.69. The summed E-state index contributed by atoms with van der Waals surface area (Å²) in [6.07, 6.45) is 0.404. The van der Waals surface area contributed by atoms with Crippen LogP contribution in [0.1, 0.15) is 40.2 Å². The van der Waals surface area contributed by atoms with E-state index in [-0.39, 0.29) is 43.7 Å². The fourth-order valence-corrected chi connectivity index (χ4v) is 4.21. The molecule has 3 aromatic rings. The van der Waals surface area contributed by atoms with E-state index in [4.69, 9.17) is 0 Å². The van der Waals surface area contributed by atoms with E-state index < -0.39 is 28.9 Å². The Hall–Kier alpha value is -3.82. The van der Waals surface area contributed by atoms with Crippen LogP contribution < -0.4 is 5.32 Å². The third-order valence-electron chi connectivity index (χ3n) is 6.26. The predicted octanol–water partition coefficient (Wildman–Crippen LogP) is 3.99. The fourth-order valence-electron chi connectivity index (χ4n) is 4.21. The number of pyridine rings is 1. The maximum absolute atomic E-state index is 14.4. The molecule has 10 heteroatoms. The van der Waals surface area contributed by atoms with Gasteiger partial charge in [0.1, 0.15) is 5.82 Å². The lowest BCUT2D eigenvalue weighted by Gasteiger charge is -2.39. The molecule has 0 atom stereocenters. The number of carbonyl (C=O) groups is 2. The van der Waals surface area contributed by atoms with Gasteiger partial charge in [-0.3, -0.25) is 14.7 Å². The summed E-state index contributed by atoms with van der Waals surface area (Å²) < 4.78 is 28.7. The van der Waals surface area contributed by atoms with Gasteiger partial charge in [0.2, 0.25) is 0 Å². The molecule has 0 radical (unpaired) electrons. The highest BCUT2D eigenvalue weighted by Gasteiger charge is 2.43. The maximum Gasteiger partial charge on any atom is 0.310 e. The van der Waals surface area contributed by atoms with Crippen LogP contribution in [0, 0.1) is 30.9 Å². The Kier molecular flexibility index (Phi) is 6.32. The van der Waals surface area contributed by atoms with Crippen molar-refractivity contribution in [3.63, 3.8) is 0 Å². The molecule has 1 fully saturated rings. The molecule has 1 aliphatic heterocycles. The van der Waals surface area contributed by atoms with Crippen molar-refractivity contribution in [2.45, 2.75) is 33.1 Å². The van der Waals surface area contributed by atoms with Gasteiger partial charge in [0.15, 0.2) is 17.5 Å². The smallest absolute Gasteiger partial charge is 0.310 e. The molecule has 0 saturated carbocycles. The number of nitrogens with one attached hydrogen (secondary N) is 2. The first-order valence-corrected chi connectivity index (χ1v) is 10.9. The van der Waals surface area contributed by atoms with E-state index in [2.05, 4.69) is 20.5 Å². The first-order valence-electron chi connectivity index (χ1n) is 10.9. The van der Waals surface area contributed by atoms with Gasteiger partial charge >= 0.3 is 5.97 Å². The Morgan fingerprint density at radius 3 is 2.56 bits per heavy atom. The van der Waals surface area contributed by atoms with E-state index in [1.54, 1.807) is 32.0 Å². The molecule has 1 amide bonds. The molecule has 0 unspecified atom stereocenters. The largest absolute Gasteiger partial charge is 0.481 e. The number of H-pyrrole nitrogens is 1. The number of carboxylic acid groups (broad SMARTS) is 1. The van der Waals surface area contributed by atoms with Crippen LogP contribution in [0.2, 0.25) is 0 Å².